The number of nitrogens with zero attached hydrogens (tertiary/aromatic N) is 2. The summed E-state index contributed by atoms with van der Waals surface area (Å²) >= 11 is 0. The molecule has 1 aromatic carbocycles. The monoisotopic (exact) mass is 247 g/mol. The third kappa shape index (κ3) is 2.94. The van der Waals surface area contributed by atoms with Crippen LogP contribution in [-0.2, 0) is 0 Å². The lowest BCUT2D eigenvalue weighted by Crippen LogP contribution is -2.32. The Balaban J connectivity index is 2.14. The number of anilines is 1. The molecule has 0 unspecified atom stereocenters. The molecule has 0 aliphatic heterocycles. The Morgan fingerprint density at radius 3 is 2.44 bits per heavy atom. The number of benzene rings is 1. The van der Waals surface area contributed by atoms with E-state index in [0.717, 1.165) is 18.0 Å². The second kappa shape index (κ2) is 5.29. The highest BCUT2D eigenvalue weighted by atomic mass is 16.4. The summed E-state index contributed by atoms with van der Waals surface area (Å²) in [6.45, 7) is 5.54. The fraction of sp³-hybridized carbons (Fsp3) is 0.500. The molecule has 0 saturated heterocycles. The second-order valence-electron chi connectivity index (χ2n) is 5.22. The zero-order chi connectivity index (χ0) is 13.1. The molecule has 1 saturated carbocycles. The average molecular weight is 247 g/mol. The Labute approximate surface area is 108 Å². The molecule has 4 nitrogen and oxygen atoms in total. The van der Waals surface area contributed by atoms with E-state index in [0.29, 0.717) is 6.04 Å². The fourth-order valence-corrected chi connectivity index (χ4v) is 2.07. The molecule has 98 valence electrons. The van der Waals surface area contributed by atoms with E-state index < -0.39 is 0 Å². The summed E-state index contributed by atoms with van der Waals surface area (Å²) in [5, 5.41) is 11.6. The summed E-state index contributed by atoms with van der Waals surface area (Å²) in [5.41, 5.74) is 7.50. The second-order valence-corrected chi connectivity index (χ2v) is 5.22. The number of amidine groups is 1. The van der Waals surface area contributed by atoms with E-state index in [1.807, 2.05) is 24.3 Å². The number of rotatable bonds is 5. The van der Waals surface area contributed by atoms with Gasteiger partial charge < -0.3 is 15.8 Å². The predicted octanol–water partition coefficient (Wildman–Crippen LogP) is 2.41. The van der Waals surface area contributed by atoms with Crippen molar-refractivity contribution >= 4 is 11.5 Å². The van der Waals surface area contributed by atoms with Gasteiger partial charge in [0.25, 0.3) is 0 Å². The van der Waals surface area contributed by atoms with Crippen molar-refractivity contribution in [2.75, 3.05) is 11.4 Å². The van der Waals surface area contributed by atoms with Crippen LogP contribution in [0.1, 0.15) is 32.3 Å². The first-order valence-electron chi connectivity index (χ1n) is 6.46. The van der Waals surface area contributed by atoms with Crippen molar-refractivity contribution in [1.29, 1.82) is 0 Å². The van der Waals surface area contributed by atoms with Gasteiger partial charge in [-0.25, -0.2) is 0 Å². The highest BCUT2D eigenvalue weighted by molar-refractivity contribution is 5.97. The summed E-state index contributed by atoms with van der Waals surface area (Å²) < 4.78 is 0. The summed E-state index contributed by atoms with van der Waals surface area (Å²) in [6.07, 6.45) is 2.71. The van der Waals surface area contributed by atoms with Crippen LogP contribution in [0.25, 0.3) is 0 Å². The van der Waals surface area contributed by atoms with Crippen molar-refractivity contribution in [3.63, 3.8) is 0 Å². The molecule has 0 heterocycles. The van der Waals surface area contributed by atoms with Gasteiger partial charge in [0, 0.05) is 23.8 Å². The predicted molar refractivity (Wildman–Crippen MR) is 74.2 cm³/mol. The van der Waals surface area contributed by atoms with Crippen LogP contribution in [0.2, 0.25) is 0 Å². The SMILES string of the molecule is CC(C)N(CC1CC1)c1ccc(/C(N)=N/O)cc1. The van der Waals surface area contributed by atoms with Gasteiger partial charge in [-0.1, -0.05) is 5.16 Å². The standard InChI is InChI=1S/C14H21N3O/c1-10(2)17(9-11-3-4-11)13-7-5-12(6-8-13)14(15)16-18/h5-8,10-11,18H,3-4,9H2,1-2H3,(H2,15,16). The Kier molecular flexibility index (Phi) is 3.75. The maximum Gasteiger partial charge on any atom is 0.170 e. The topological polar surface area (TPSA) is 61.8 Å². The molecule has 0 amide bonds. The third-order valence-corrected chi connectivity index (χ3v) is 3.38. The number of nitrogens with two attached hydrogens (primary N) is 1. The lowest BCUT2D eigenvalue weighted by molar-refractivity contribution is 0.318. The van der Waals surface area contributed by atoms with Crippen molar-refractivity contribution in [2.24, 2.45) is 16.8 Å². The Bertz CT molecular complexity index is 421. The molecule has 0 spiro atoms. The van der Waals surface area contributed by atoms with Crippen LogP contribution in [0.5, 0.6) is 0 Å². The van der Waals surface area contributed by atoms with Crippen LogP contribution in [-0.4, -0.2) is 23.6 Å². The van der Waals surface area contributed by atoms with Crippen molar-refractivity contribution in [1.82, 2.24) is 0 Å². The van der Waals surface area contributed by atoms with Gasteiger partial charge in [0.2, 0.25) is 0 Å². The molecule has 0 radical (unpaired) electrons. The molecule has 0 aromatic heterocycles. The first kappa shape index (κ1) is 12.7. The molecule has 18 heavy (non-hydrogen) atoms. The normalized spacial score (nSPS) is 16.1. The maximum atomic E-state index is 8.63. The summed E-state index contributed by atoms with van der Waals surface area (Å²) in [6, 6.07) is 8.35. The lowest BCUT2D eigenvalue weighted by atomic mass is 10.1. The molecular weight excluding hydrogens is 226 g/mol. The Morgan fingerprint density at radius 2 is 2.00 bits per heavy atom. The van der Waals surface area contributed by atoms with Gasteiger partial charge in [-0.2, -0.15) is 0 Å². The van der Waals surface area contributed by atoms with E-state index >= 15 is 0 Å². The number of hydrogen-bond donors (Lipinski definition) is 2. The van der Waals surface area contributed by atoms with Crippen LogP contribution in [0, 0.1) is 5.92 Å². The van der Waals surface area contributed by atoms with Gasteiger partial charge in [0.1, 0.15) is 0 Å². The zero-order valence-corrected chi connectivity index (χ0v) is 11.0. The number of oxime groups is 1. The zero-order valence-electron chi connectivity index (χ0n) is 11.0. The van der Waals surface area contributed by atoms with E-state index in [2.05, 4.69) is 23.9 Å². The molecule has 2 rings (SSSR count). The molecule has 0 bridgehead atoms. The molecule has 4 heteroatoms. The molecular formula is C14H21N3O. The first-order chi connectivity index (χ1) is 8.61. The lowest BCUT2D eigenvalue weighted by Gasteiger charge is -2.29. The highest BCUT2D eigenvalue weighted by Crippen LogP contribution is 2.32. The molecule has 3 N–H and O–H groups in total. The molecule has 1 aromatic rings. The summed E-state index contributed by atoms with van der Waals surface area (Å²) in [5.74, 6) is 1.01. The van der Waals surface area contributed by atoms with Crippen LogP contribution in [0.3, 0.4) is 0 Å². The van der Waals surface area contributed by atoms with Crippen molar-refractivity contribution in [2.45, 2.75) is 32.7 Å². The van der Waals surface area contributed by atoms with E-state index in [1.54, 1.807) is 0 Å². The molecule has 1 aliphatic rings. The quantitative estimate of drug-likeness (QED) is 0.363. The summed E-state index contributed by atoms with van der Waals surface area (Å²) in [7, 11) is 0. The van der Waals surface area contributed by atoms with Crippen LogP contribution >= 0.6 is 0 Å². The fourth-order valence-electron chi connectivity index (χ4n) is 2.07. The van der Waals surface area contributed by atoms with Gasteiger partial charge in [-0.05, 0) is 56.9 Å². The number of hydrogen-bond acceptors (Lipinski definition) is 3. The van der Waals surface area contributed by atoms with E-state index in [1.165, 1.54) is 18.5 Å². The van der Waals surface area contributed by atoms with Crippen molar-refractivity contribution in [3.8, 4) is 0 Å². The Hall–Kier alpha value is -1.71. The van der Waals surface area contributed by atoms with Crippen LogP contribution in [0.15, 0.2) is 29.4 Å². The van der Waals surface area contributed by atoms with Gasteiger partial charge in [0.15, 0.2) is 5.84 Å². The minimum Gasteiger partial charge on any atom is -0.409 e. The van der Waals surface area contributed by atoms with Gasteiger partial charge in [-0.15, -0.1) is 0 Å². The van der Waals surface area contributed by atoms with Crippen LogP contribution in [0.4, 0.5) is 5.69 Å². The smallest absolute Gasteiger partial charge is 0.170 e. The van der Waals surface area contributed by atoms with Gasteiger partial charge in [0.05, 0.1) is 0 Å². The third-order valence-electron chi connectivity index (χ3n) is 3.38. The van der Waals surface area contributed by atoms with Crippen molar-refractivity contribution < 1.29 is 5.21 Å². The average Bonchev–Trinajstić information content (AvgIpc) is 3.19. The maximum absolute atomic E-state index is 8.63. The molecule has 1 fully saturated rings. The minimum atomic E-state index is 0.153. The van der Waals surface area contributed by atoms with E-state index in [-0.39, 0.29) is 5.84 Å². The minimum absolute atomic E-state index is 0.153. The first-order valence-corrected chi connectivity index (χ1v) is 6.46. The van der Waals surface area contributed by atoms with E-state index in [9.17, 15) is 0 Å². The van der Waals surface area contributed by atoms with Crippen molar-refractivity contribution in [3.05, 3.63) is 29.8 Å². The largest absolute Gasteiger partial charge is 0.409 e. The highest BCUT2D eigenvalue weighted by Gasteiger charge is 2.25. The summed E-state index contributed by atoms with van der Waals surface area (Å²) in [4.78, 5) is 2.41. The molecule has 0 atom stereocenters. The Morgan fingerprint density at radius 1 is 1.39 bits per heavy atom. The van der Waals surface area contributed by atoms with Gasteiger partial charge >= 0.3 is 0 Å². The van der Waals surface area contributed by atoms with E-state index in [4.69, 9.17) is 10.9 Å². The van der Waals surface area contributed by atoms with Gasteiger partial charge in [-0.3, -0.25) is 0 Å². The van der Waals surface area contributed by atoms with Crippen LogP contribution < -0.4 is 10.6 Å². The molecule has 1 aliphatic carbocycles.